The molecule has 1 atom stereocenters. The smallest absolute Gasteiger partial charge is 0.338 e. The minimum absolute atomic E-state index is 0. The van der Waals surface area contributed by atoms with E-state index in [2.05, 4.69) is 17.1 Å². The molecule has 1 N–H and O–H groups in total. The van der Waals surface area contributed by atoms with E-state index in [0.717, 1.165) is 25.3 Å². The van der Waals surface area contributed by atoms with Crippen LogP contribution in [0, 0.1) is 0 Å². The summed E-state index contributed by atoms with van der Waals surface area (Å²) in [7, 11) is 0. The normalized spacial score (nSPS) is 17.7. The fourth-order valence-corrected chi connectivity index (χ4v) is 2.23. The van der Waals surface area contributed by atoms with Crippen LogP contribution in [0.25, 0.3) is 0 Å². The largest absolute Gasteiger partial charge is 0.462 e. The standard InChI is InChI=1S/C14H20N2O2.2ClH/c1-3-18-14(17)12-4-6-13(7-5-12)16-9-8-15-10-11(16)2;;/h4-7,11,15H,3,8-10H2,1-2H3;2*1H. The van der Waals surface area contributed by atoms with E-state index in [1.165, 1.54) is 0 Å². The monoisotopic (exact) mass is 320 g/mol. The summed E-state index contributed by atoms with van der Waals surface area (Å²) in [4.78, 5) is 13.9. The number of carbonyl (C=O) groups is 1. The highest BCUT2D eigenvalue weighted by atomic mass is 35.5. The van der Waals surface area contributed by atoms with E-state index in [9.17, 15) is 4.79 Å². The minimum atomic E-state index is -0.252. The molecule has 1 aliphatic rings. The number of nitrogens with one attached hydrogen (secondary N) is 1. The number of hydrogen-bond acceptors (Lipinski definition) is 4. The Morgan fingerprint density at radius 1 is 1.35 bits per heavy atom. The lowest BCUT2D eigenvalue weighted by Gasteiger charge is -2.35. The first-order valence-corrected chi connectivity index (χ1v) is 6.47. The maximum absolute atomic E-state index is 11.6. The molecule has 1 aliphatic heterocycles. The van der Waals surface area contributed by atoms with Gasteiger partial charge < -0.3 is 15.0 Å². The number of hydrogen-bond donors (Lipinski definition) is 1. The van der Waals surface area contributed by atoms with Crippen LogP contribution < -0.4 is 10.2 Å². The topological polar surface area (TPSA) is 41.6 Å². The molecule has 20 heavy (non-hydrogen) atoms. The van der Waals surface area contributed by atoms with Gasteiger partial charge in [0.05, 0.1) is 12.2 Å². The maximum Gasteiger partial charge on any atom is 0.338 e. The number of nitrogens with zero attached hydrogens (tertiary/aromatic N) is 1. The Balaban J connectivity index is 0.00000180. The van der Waals surface area contributed by atoms with Gasteiger partial charge in [-0.2, -0.15) is 0 Å². The summed E-state index contributed by atoms with van der Waals surface area (Å²) < 4.78 is 4.97. The molecule has 0 aliphatic carbocycles. The van der Waals surface area contributed by atoms with Crippen molar-refractivity contribution in [2.24, 2.45) is 0 Å². The van der Waals surface area contributed by atoms with Gasteiger partial charge in [0.2, 0.25) is 0 Å². The molecule has 1 unspecified atom stereocenters. The van der Waals surface area contributed by atoms with Crippen molar-refractivity contribution >= 4 is 36.5 Å². The number of carbonyl (C=O) groups excluding carboxylic acids is 1. The average molecular weight is 321 g/mol. The molecule has 4 nitrogen and oxygen atoms in total. The molecule has 0 amide bonds. The fraction of sp³-hybridized carbons (Fsp3) is 0.500. The zero-order valence-electron chi connectivity index (χ0n) is 11.8. The molecule has 1 saturated heterocycles. The SMILES string of the molecule is CCOC(=O)c1ccc(N2CCNCC2C)cc1.Cl.Cl. The number of esters is 1. The first-order chi connectivity index (χ1) is 8.72. The first kappa shape index (κ1) is 19.0. The van der Waals surface area contributed by atoms with Crippen molar-refractivity contribution in [1.29, 1.82) is 0 Å². The molecule has 0 saturated carbocycles. The van der Waals surface area contributed by atoms with Gasteiger partial charge in [0.15, 0.2) is 0 Å². The van der Waals surface area contributed by atoms with Gasteiger partial charge in [0.1, 0.15) is 0 Å². The van der Waals surface area contributed by atoms with Gasteiger partial charge in [-0.1, -0.05) is 0 Å². The molecular formula is C14H22Cl2N2O2. The minimum Gasteiger partial charge on any atom is -0.462 e. The molecule has 0 spiro atoms. The van der Waals surface area contributed by atoms with Crippen LogP contribution in [0.5, 0.6) is 0 Å². The molecular weight excluding hydrogens is 299 g/mol. The van der Waals surface area contributed by atoms with Crippen LogP contribution in [-0.4, -0.2) is 38.3 Å². The predicted molar refractivity (Wildman–Crippen MR) is 86.6 cm³/mol. The second-order valence-electron chi connectivity index (χ2n) is 4.51. The third kappa shape index (κ3) is 4.54. The third-order valence-corrected chi connectivity index (χ3v) is 3.21. The van der Waals surface area contributed by atoms with Crippen molar-refractivity contribution in [1.82, 2.24) is 5.32 Å². The molecule has 1 aromatic carbocycles. The van der Waals surface area contributed by atoms with E-state index in [0.29, 0.717) is 18.2 Å². The Morgan fingerprint density at radius 3 is 2.55 bits per heavy atom. The lowest BCUT2D eigenvalue weighted by Crippen LogP contribution is -2.49. The maximum atomic E-state index is 11.6. The Kier molecular flexibility index (Phi) is 8.62. The molecule has 2 rings (SSSR count). The number of rotatable bonds is 3. The Labute approximate surface area is 132 Å². The van der Waals surface area contributed by atoms with E-state index in [-0.39, 0.29) is 30.8 Å². The summed E-state index contributed by atoms with van der Waals surface area (Å²) >= 11 is 0. The highest BCUT2D eigenvalue weighted by molar-refractivity contribution is 5.89. The Bertz CT molecular complexity index is 412. The summed E-state index contributed by atoms with van der Waals surface area (Å²) in [5.41, 5.74) is 1.78. The lowest BCUT2D eigenvalue weighted by atomic mass is 10.1. The van der Waals surface area contributed by atoms with Crippen molar-refractivity contribution in [3.63, 3.8) is 0 Å². The van der Waals surface area contributed by atoms with Gasteiger partial charge in [-0.15, -0.1) is 24.8 Å². The van der Waals surface area contributed by atoms with Gasteiger partial charge in [-0.25, -0.2) is 4.79 Å². The molecule has 0 aromatic heterocycles. The number of anilines is 1. The van der Waals surface area contributed by atoms with Crippen LogP contribution in [0.3, 0.4) is 0 Å². The van der Waals surface area contributed by atoms with E-state index in [1.807, 2.05) is 31.2 Å². The summed E-state index contributed by atoms with van der Waals surface area (Å²) in [5, 5.41) is 3.36. The highest BCUT2D eigenvalue weighted by Gasteiger charge is 2.18. The van der Waals surface area contributed by atoms with Crippen molar-refractivity contribution in [3.8, 4) is 0 Å². The van der Waals surface area contributed by atoms with Gasteiger partial charge in [-0.05, 0) is 38.1 Å². The molecule has 0 radical (unpaired) electrons. The highest BCUT2D eigenvalue weighted by Crippen LogP contribution is 2.19. The van der Waals surface area contributed by atoms with Crippen LogP contribution in [0.1, 0.15) is 24.2 Å². The van der Waals surface area contributed by atoms with Crippen molar-refractivity contribution in [2.45, 2.75) is 19.9 Å². The second-order valence-corrected chi connectivity index (χ2v) is 4.51. The molecule has 6 heteroatoms. The number of piperazine rings is 1. The van der Waals surface area contributed by atoms with Gasteiger partial charge in [0.25, 0.3) is 0 Å². The van der Waals surface area contributed by atoms with Crippen molar-refractivity contribution < 1.29 is 9.53 Å². The number of ether oxygens (including phenoxy) is 1. The number of halogens is 2. The van der Waals surface area contributed by atoms with Crippen LogP contribution in [0.15, 0.2) is 24.3 Å². The molecule has 1 fully saturated rings. The summed E-state index contributed by atoms with van der Waals surface area (Å²) in [6.45, 7) is 7.43. The summed E-state index contributed by atoms with van der Waals surface area (Å²) in [6.07, 6.45) is 0. The molecule has 1 heterocycles. The zero-order valence-corrected chi connectivity index (χ0v) is 13.4. The second kappa shape index (κ2) is 9.06. The molecule has 0 bridgehead atoms. The number of benzene rings is 1. The van der Waals surface area contributed by atoms with Crippen molar-refractivity contribution in [2.75, 3.05) is 31.1 Å². The summed E-state index contributed by atoms with van der Waals surface area (Å²) in [5.74, 6) is -0.252. The Hall–Kier alpha value is -0.970. The van der Waals surface area contributed by atoms with Gasteiger partial charge >= 0.3 is 5.97 Å². The molecule has 1 aromatic rings. The molecule has 114 valence electrons. The quantitative estimate of drug-likeness (QED) is 0.869. The van der Waals surface area contributed by atoms with Crippen molar-refractivity contribution in [3.05, 3.63) is 29.8 Å². The van der Waals surface area contributed by atoms with E-state index in [1.54, 1.807) is 0 Å². The fourth-order valence-electron chi connectivity index (χ4n) is 2.23. The van der Waals surface area contributed by atoms with E-state index in [4.69, 9.17) is 4.74 Å². The lowest BCUT2D eigenvalue weighted by molar-refractivity contribution is 0.0526. The van der Waals surface area contributed by atoms with Gasteiger partial charge in [-0.3, -0.25) is 0 Å². The summed E-state index contributed by atoms with van der Waals surface area (Å²) in [6, 6.07) is 8.14. The Morgan fingerprint density at radius 2 is 2.00 bits per heavy atom. The van der Waals surface area contributed by atoms with Gasteiger partial charge in [0, 0.05) is 31.4 Å². The van der Waals surface area contributed by atoms with E-state index >= 15 is 0 Å². The third-order valence-electron chi connectivity index (χ3n) is 3.21. The van der Waals surface area contributed by atoms with E-state index < -0.39 is 0 Å². The predicted octanol–water partition coefficient (Wildman–Crippen LogP) is 2.51. The first-order valence-electron chi connectivity index (χ1n) is 6.47. The van der Waals surface area contributed by atoms with Crippen LogP contribution in [0.4, 0.5) is 5.69 Å². The average Bonchev–Trinajstić information content (AvgIpc) is 2.40. The van der Waals surface area contributed by atoms with Crippen LogP contribution in [0.2, 0.25) is 0 Å². The zero-order chi connectivity index (χ0) is 13.0. The van der Waals surface area contributed by atoms with Crippen LogP contribution in [-0.2, 0) is 4.74 Å². The van der Waals surface area contributed by atoms with Crippen LogP contribution >= 0.6 is 24.8 Å².